The van der Waals surface area contributed by atoms with Gasteiger partial charge in [0.05, 0.1) is 22.7 Å². The van der Waals surface area contributed by atoms with Gasteiger partial charge in [-0.05, 0) is 213 Å². The van der Waals surface area contributed by atoms with Crippen LogP contribution < -0.4 is 19.6 Å². The largest absolute Gasteiger partial charge is 0.309 e. The molecule has 0 aliphatic carbocycles. The van der Waals surface area contributed by atoms with E-state index in [-0.39, 0.29) is 0 Å². The Kier molecular flexibility index (Phi) is 19.7. The minimum Gasteiger partial charge on any atom is -0.309 e. The van der Waals surface area contributed by atoms with Gasteiger partial charge in [0, 0.05) is 88.6 Å². The van der Waals surface area contributed by atoms with Gasteiger partial charge in [-0.2, -0.15) is 0 Å². The van der Waals surface area contributed by atoms with E-state index in [2.05, 4.69) is 475 Å². The molecule has 0 radical (unpaired) electrons. The van der Waals surface area contributed by atoms with Gasteiger partial charge in [0.25, 0.3) is 0 Å². The van der Waals surface area contributed by atoms with E-state index in [4.69, 9.17) is 0 Å². The Hall–Kier alpha value is -14.3. The van der Waals surface area contributed by atoms with Gasteiger partial charge in [-0.1, -0.05) is 353 Å². The number of fused-ring (bicyclic) bond motifs is 8. The van der Waals surface area contributed by atoms with E-state index in [0.29, 0.717) is 11.8 Å². The van der Waals surface area contributed by atoms with Gasteiger partial charge in [-0.3, -0.25) is 0 Å². The lowest BCUT2D eigenvalue weighted by Gasteiger charge is -2.31. The highest BCUT2D eigenvalue weighted by atomic mass is 15.2. The Morgan fingerprint density at radius 2 is 0.280 bits per heavy atom. The second kappa shape index (κ2) is 31.5. The van der Waals surface area contributed by atoms with Crippen molar-refractivity contribution in [1.29, 1.82) is 0 Å². The van der Waals surface area contributed by atoms with Crippen LogP contribution in [0.15, 0.2) is 400 Å². The van der Waals surface area contributed by atoms with Gasteiger partial charge >= 0.3 is 0 Å². The first-order chi connectivity index (χ1) is 57.9. The molecule has 4 heteroatoms. The molecule has 0 heterocycles. The minimum absolute atomic E-state index is 0.447. The quantitative estimate of drug-likeness (QED) is 0.0894. The third kappa shape index (κ3) is 13.4. The second-order valence-corrected chi connectivity index (χ2v) is 32.1. The summed E-state index contributed by atoms with van der Waals surface area (Å²) in [5.41, 5.74) is 26.4. The van der Waals surface area contributed by atoms with Crippen LogP contribution in [0, 0.1) is 27.7 Å². The van der Waals surface area contributed by atoms with Gasteiger partial charge < -0.3 is 19.6 Å². The minimum atomic E-state index is 0.447. The molecule has 0 bridgehead atoms. The van der Waals surface area contributed by atoms with Crippen molar-refractivity contribution >= 4 is 154 Å². The van der Waals surface area contributed by atoms with Crippen LogP contribution in [0.5, 0.6) is 0 Å². The van der Waals surface area contributed by atoms with Crippen LogP contribution in [-0.4, -0.2) is 0 Å². The summed E-state index contributed by atoms with van der Waals surface area (Å²) >= 11 is 0. The van der Waals surface area contributed by atoms with E-state index in [1.165, 1.54) is 165 Å². The van der Waals surface area contributed by atoms with E-state index in [1.54, 1.807) is 0 Å². The summed E-state index contributed by atoms with van der Waals surface area (Å²) in [4.78, 5) is 9.82. The normalized spacial score (nSPS) is 11.5. The van der Waals surface area contributed by atoms with Crippen LogP contribution in [0.3, 0.4) is 0 Å². The first kappa shape index (κ1) is 73.8. The zero-order valence-corrected chi connectivity index (χ0v) is 68.0. The predicted molar refractivity (Wildman–Crippen MR) is 510 cm³/mol. The molecule has 0 N–H and O–H groups in total. The molecular formula is C114H92N4. The number of nitrogens with zero attached hydrogens (tertiary/aromatic N) is 4. The van der Waals surface area contributed by atoms with E-state index in [1.807, 2.05) is 0 Å². The average molecular weight is 1520 g/mol. The molecule has 4 nitrogen and oxygen atoms in total. The molecule has 0 saturated heterocycles. The molecule has 0 spiro atoms. The number of benzene rings is 20. The van der Waals surface area contributed by atoms with Crippen LogP contribution in [0.1, 0.15) is 72.9 Å². The lowest BCUT2D eigenvalue weighted by molar-refractivity contribution is 0.866. The maximum absolute atomic E-state index is 2.47. The molecule has 0 amide bonds. The Morgan fingerprint density at radius 3 is 0.441 bits per heavy atom. The molecule has 0 unspecified atom stereocenters. The van der Waals surface area contributed by atoms with Gasteiger partial charge in [0.1, 0.15) is 0 Å². The molecule has 0 saturated carbocycles. The molecule has 0 atom stereocenters. The van der Waals surface area contributed by atoms with Gasteiger partial charge in [-0.25, -0.2) is 0 Å². The highest BCUT2D eigenvalue weighted by Crippen LogP contribution is 2.57. The Labute approximate surface area is 692 Å². The maximum Gasteiger partial charge on any atom is 0.0618 e. The van der Waals surface area contributed by atoms with Crippen molar-refractivity contribution in [1.82, 2.24) is 0 Å². The lowest BCUT2D eigenvalue weighted by atomic mass is 9.84. The summed E-state index contributed by atoms with van der Waals surface area (Å²) < 4.78 is 0. The SMILES string of the molecule is Cc1ccc(N(c2ccc(C(C)C)cc2)c2c3ccccc3c(-c3c4ccccc4c(N(c4ccc(C)cc4)c4ccc(C(C)C)cc4)c4ccccc34)c3ccccc23)cc1.Cc1ccc(N(c2ccccc2)c2c3ccccc3c(-c3c4ccccc4c(N(c4ccccc4)c4ccc(C)cc4)c4ccccc34)c3ccccc23)cc1. The lowest BCUT2D eigenvalue weighted by Crippen LogP contribution is -2.12. The zero-order valence-electron chi connectivity index (χ0n) is 68.0. The highest BCUT2D eigenvalue weighted by molar-refractivity contribution is 6.33. The van der Waals surface area contributed by atoms with Crippen LogP contribution >= 0.6 is 0 Å². The van der Waals surface area contributed by atoms with Crippen molar-refractivity contribution in [2.75, 3.05) is 19.6 Å². The number of hydrogen-bond donors (Lipinski definition) is 0. The third-order valence-electron chi connectivity index (χ3n) is 23.8. The fraction of sp³-hybridized carbons (Fsp3) is 0.0877. The third-order valence-corrected chi connectivity index (χ3v) is 23.8. The fourth-order valence-electron chi connectivity index (χ4n) is 18.0. The molecule has 0 aliphatic rings. The van der Waals surface area contributed by atoms with E-state index in [0.717, 1.165) is 45.5 Å². The molecule has 0 aromatic heterocycles. The van der Waals surface area contributed by atoms with E-state index in [9.17, 15) is 0 Å². The molecular weight excluding hydrogens is 1430 g/mol. The van der Waals surface area contributed by atoms with Crippen molar-refractivity contribution in [2.24, 2.45) is 0 Å². The Morgan fingerprint density at radius 1 is 0.144 bits per heavy atom. The maximum atomic E-state index is 2.47. The summed E-state index contributed by atoms with van der Waals surface area (Å²) in [6, 6.07) is 148. The Bertz CT molecular complexity index is 6460. The smallest absolute Gasteiger partial charge is 0.0618 e. The van der Waals surface area contributed by atoms with Crippen molar-refractivity contribution in [3.8, 4) is 22.3 Å². The predicted octanol–water partition coefficient (Wildman–Crippen LogP) is 33.3. The van der Waals surface area contributed by atoms with Crippen molar-refractivity contribution < 1.29 is 0 Å². The summed E-state index contributed by atoms with van der Waals surface area (Å²) in [5, 5.41) is 19.4. The second-order valence-electron chi connectivity index (χ2n) is 32.1. The fourth-order valence-corrected chi connectivity index (χ4v) is 18.0. The van der Waals surface area contributed by atoms with Crippen molar-refractivity contribution in [3.63, 3.8) is 0 Å². The summed E-state index contributed by atoms with van der Waals surface area (Å²) in [6.45, 7) is 17.7. The first-order valence-corrected chi connectivity index (χ1v) is 41.4. The summed E-state index contributed by atoms with van der Waals surface area (Å²) in [5.74, 6) is 0.895. The topological polar surface area (TPSA) is 13.0 Å². The monoisotopic (exact) mass is 1520 g/mol. The molecule has 20 aromatic rings. The van der Waals surface area contributed by atoms with Crippen LogP contribution in [0.25, 0.3) is 108 Å². The molecule has 118 heavy (non-hydrogen) atoms. The first-order valence-electron chi connectivity index (χ1n) is 41.4. The molecule has 20 rings (SSSR count). The van der Waals surface area contributed by atoms with Gasteiger partial charge in [0.2, 0.25) is 0 Å². The average Bonchev–Trinajstić information content (AvgIpc) is 0.710. The summed E-state index contributed by atoms with van der Waals surface area (Å²) in [6.07, 6.45) is 0. The molecule has 20 aromatic carbocycles. The molecule has 0 aliphatic heterocycles. The van der Waals surface area contributed by atoms with Gasteiger partial charge in [0.15, 0.2) is 0 Å². The highest BCUT2D eigenvalue weighted by Gasteiger charge is 2.31. The van der Waals surface area contributed by atoms with Crippen molar-refractivity contribution in [2.45, 2.75) is 67.2 Å². The number of hydrogen-bond acceptors (Lipinski definition) is 4. The van der Waals surface area contributed by atoms with Gasteiger partial charge in [-0.15, -0.1) is 0 Å². The number of para-hydroxylation sites is 2. The van der Waals surface area contributed by atoms with Crippen LogP contribution in [-0.2, 0) is 0 Å². The van der Waals surface area contributed by atoms with Crippen LogP contribution in [0.4, 0.5) is 68.2 Å². The molecule has 0 fully saturated rings. The summed E-state index contributed by atoms with van der Waals surface area (Å²) in [7, 11) is 0. The van der Waals surface area contributed by atoms with Crippen molar-refractivity contribution in [3.05, 3.63) is 434 Å². The Balaban J connectivity index is 0.000000158. The zero-order chi connectivity index (χ0) is 80.1. The standard InChI is InChI=1S/C60H52N2.C54H40N2/c1-39(2)43-27-35-47(36-28-43)61(45-31-23-41(5)24-32-45)59-53-19-11-7-15-49(53)57(50-16-8-12-20-54(50)59)58-51-17-9-13-21-55(51)60(56-22-14-10-18-52(56)58)62(46-33-25-42(6)26-34-46)48-37-29-44(30-38-48)40(3)4;1-37-29-33-41(34-30-37)55(39-17-5-3-6-18-39)53-47-25-13-9-21-43(47)51(44-22-10-14-26-48(44)53)52-45-23-11-15-27-49(45)54(50-28-16-12-24-46(50)52)56(40-19-7-4-8-20-40)42-35-31-38(2)32-36-42/h7-40H,1-6H3;3-36H,1-2H3. The number of rotatable bonds is 16. The van der Waals surface area contributed by atoms with E-state index >= 15 is 0 Å². The van der Waals surface area contributed by atoms with Crippen LogP contribution in [0.2, 0.25) is 0 Å². The van der Waals surface area contributed by atoms with E-state index < -0.39 is 0 Å². The molecule has 568 valence electrons. The number of aryl methyl sites for hydroxylation is 4. The number of anilines is 12.